The lowest BCUT2D eigenvalue weighted by Crippen LogP contribution is -2.61. The van der Waals surface area contributed by atoms with Crippen LogP contribution in [0.5, 0.6) is 0 Å². The Morgan fingerprint density at radius 2 is 0.920 bits per heavy atom. The molecule has 1 heterocycles. The Morgan fingerprint density at radius 3 is 1.41 bits per heavy atom. The van der Waals surface area contributed by atoms with Crippen molar-refractivity contribution in [3.05, 3.63) is 72.9 Å². The second kappa shape index (κ2) is 51.8. The zero-order valence-electron chi connectivity index (χ0n) is 47.9. The first kappa shape index (κ1) is 70.1. The molecule has 0 aromatic carbocycles. The van der Waals surface area contributed by atoms with E-state index in [-0.39, 0.29) is 19.4 Å². The topological polar surface area (TPSA) is 175 Å². The molecule has 8 unspecified atom stereocenters. The van der Waals surface area contributed by atoms with Crippen molar-refractivity contribution in [2.24, 2.45) is 0 Å². The van der Waals surface area contributed by atoms with Gasteiger partial charge in [0, 0.05) is 6.42 Å². The minimum Gasteiger partial charge on any atom is -0.454 e. The van der Waals surface area contributed by atoms with Gasteiger partial charge in [0.2, 0.25) is 5.91 Å². The summed E-state index contributed by atoms with van der Waals surface area (Å²) in [5.74, 6) is -1.26. The van der Waals surface area contributed by atoms with Gasteiger partial charge < -0.3 is 45.1 Å². The Bertz CT molecular complexity index is 1490. The summed E-state index contributed by atoms with van der Waals surface area (Å²) in [4.78, 5) is 26.5. The number of esters is 1. The lowest BCUT2D eigenvalue weighted by Gasteiger charge is -2.41. The van der Waals surface area contributed by atoms with Crippen molar-refractivity contribution in [3.8, 4) is 0 Å². The molecule has 1 aliphatic rings. The minimum atomic E-state index is -1.64. The Hall–Kier alpha value is -2.90. The fraction of sp³-hybridized carbons (Fsp3) is 0.781. The van der Waals surface area contributed by atoms with Crippen molar-refractivity contribution < 1.29 is 49.3 Å². The van der Waals surface area contributed by atoms with E-state index in [9.17, 15) is 35.1 Å². The largest absolute Gasteiger partial charge is 0.454 e. The van der Waals surface area contributed by atoms with Crippen LogP contribution in [0.25, 0.3) is 0 Å². The van der Waals surface area contributed by atoms with Crippen LogP contribution in [0.2, 0.25) is 0 Å². The van der Waals surface area contributed by atoms with Gasteiger partial charge in [0.05, 0.1) is 25.4 Å². The molecule has 0 aliphatic carbocycles. The summed E-state index contributed by atoms with van der Waals surface area (Å²) in [6.07, 6.45) is 55.2. The zero-order chi connectivity index (χ0) is 54.7. The van der Waals surface area contributed by atoms with Crippen molar-refractivity contribution in [3.63, 3.8) is 0 Å². The van der Waals surface area contributed by atoms with Crippen LogP contribution in [0.15, 0.2) is 72.9 Å². The van der Waals surface area contributed by atoms with Crippen molar-refractivity contribution in [1.82, 2.24) is 5.32 Å². The molecule has 0 aromatic rings. The van der Waals surface area contributed by atoms with Crippen molar-refractivity contribution in [1.29, 1.82) is 0 Å². The van der Waals surface area contributed by atoms with Gasteiger partial charge in [-0.1, -0.05) is 235 Å². The summed E-state index contributed by atoms with van der Waals surface area (Å²) in [6, 6.07) is -1.04. The van der Waals surface area contributed by atoms with Gasteiger partial charge in [-0.05, 0) is 89.9 Å². The van der Waals surface area contributed by atoms with E-state index in [0.29, 0.717) is 19.3 Å². The molecule has 6 N–H and O–H groups in total. The van der Waals surface area contributed by atoms with E-state index in [1.807, 2.05) is 12.2 Å². The van der Waals surface area contributed by atoms with Crippen LogP contribution >= 0.6 is 0 Å². The van der Waals surface area contributed by atoms with Crippen LogP contribution < -0.4 is 5.32 Å². The van der Waals surface area contributed by atoms with Crippen LogP contribution in [0.3, 0.4) is 0 Å². The Labute approximate surface area is 458 Å². The number of carbonyl (C=O) groups excluding carboxylic acids is 2. The predicted molar refractivity (Wildman–Crippen MR) is 310 cm³/mol. The quantitative estimate of drug-likeness (QED) is 0.0195. The number of hydrogen-bond donors (Lipinski definition) is 6. The lowest BCUT2D eigenvalue weighted by molar-refractivity contribution is -0.305. The first-order valence-corrected chi connectivity index (χ1v) is 30.7. The molecule has 75 heavy (non-hydrogen) atoms. The van der Waals surface area contributed by atoms with Crippen LogP contribution in [0, 0.1) is 0 Å². The van der Waals surface area contributed by atoms with E-state index in [0.717, 1.165) is 77.0 Å². The molecule has 1 rings (SSSR count). The second-order valence-electron chi connectivity index (χ2n) is 21.1. The molecule has 0 aromatic heterocycles. The van der Waals surface area contributed by atoms with E-state index in [1.54, 1.807) is 6.08 Å². The van der Waals surface area contributed by atoms with Crippen LogP contribution in [0.4, 0.5) is 0 Å². The third kappa shape index (κ3) is 40.0. The van der Waals surface area contributed by atoms with Gasteiger partial charge in [0.25, 0.3) is 0 Å². The standard InChI is InChI=1S/C64H113NO10/c1-4-7-10-13-16-19-22-24-26-28-30-31-33-36-39-42-45-48-51-57(68)63(72)65-55(56(67)50-47-44-41-38-35-21-18-15-12-9-6-3)54-73-64-62(61(71)60(70)58(53-66)74-64)75-59(69)52-49-46-43-40-37-34-32-29-27-25-23-20-17-14-11-8-5-2/h17,20,24-27,32,34,40,43,47,50,55-58,60-62,64,66-68,70-71H,4-16,18-19,21-23,28-31,33,35-39,41-42,44-46,48-49,51-54H2,1-3H3,(H,65,72)/b20-17-,26-24+,27-25-,34-32-,43-40-,50-47+. The summed E-state index contributed by atoms with van der Waals surface area (Å²) in [6.45, 7) is 5.72. The van der Waals surface area contributed by atoms with Gasteiger partial charge >= 0.3 is 5.97 Å². The molecule has 434 valence electrons. The Kier molecular flexibility index (Phi) is 48.5. The maximum absolute atomic E-state index is 13.4. The number of aliphatic hydroxyl groups is 5. The molecule has 0 spiro atoms. The number of unbranched alkanes of at least 4 members (excludes halogenated alkanes) is 27. The maximum atomic E-state index is 13.4. The molecule has 0 saturated carbocycles. The van der Waals surface area contributed by atoms with Gasteiger partial charge in [0.1, 0.15) is 24.4 Å². The highest BCUT2D eigenvalue weighted by atomic mass is 16.7. The highest BCUT2D eigenvalue weighted by molar-refractivity contribution is 5.80. The third-order valence-electron chi connectivity index (χ3n) is 14.1. The first-order chi connectivity index (χ1) is 36.7. The molecular weight excluding hydrogens is 943 g/mol. The SMILES string of the molecule is CCCCC/C=C\C/C=C\C/C=C\C/C=C\CCCC(=O)OC1C(OCC(NC(=O)C(O)CCCCCCCCCC/C=C/CCCCCCCC)C(O)/C=C/CCCCCCCCCCC)OC(CO)C(O)C1O. The van der Waals surface area contributed by atoms with E-state index in [1.165, 1.54) is 128 Å². The van der Waals surface area contributed by atoms with Crippen LogP contribution in [-0.4, -0.2) is 99.6 Å². The first-order valence-electron chi connectivity index (χ1n) is 30.7. The number of hydrogen-bond acceptors (Lipinski definition) is 10. The third-order valence-corrected chi connectivity index (χ3v) is 14.1. The zero-order valence-corrected chi connectivity index (χ0v) is 47.9. The molecular formula is C64H113NO10. The van der Waals surface area contributed by atoms with Gasteiger partial charge in [-0.3, -0.25) is 9.59 Å². The summed E-state index contributed by atoms with van der Waals surface area (Å²) < 4.78 is 17.5. The fourth-order valence-electron chi connectivity index (χ4n) is 9.17. The number of aliphatic hydroxyl groups excluding tert-OH is 5. The summed E-state index contributed by atoms with van der Waals surface area (Å²) in [5.41, 5.74) is 0. The Morgan fingerprint density at radius 1 is 0.520 bits per heavy atom. The van der Waals surface area contributed by atoms with Gasteiger partial charge in [-0.15, -0.1) is 0 Å². The van der Waals surface area contributed by atoms with Gasteiger partial charge in [-0.2, -0.15) is 0 Å². The van der Waals surface area contributed by atoms with Crippen LogP contribution in [0.1, 0.15) is 258 Å². The highest BCUT2D eigenvalue weighted by Crippen LogP contribution is 2.26. The number of rotatable bonds is 51. The minimum absolute atomic E-state index is 0.0456. The predicted octanol–water partition coefficient (Wildman–Crippen LogP) is 14.4. The number of carbonyl (C=O) groups is 2. The van der Waals surface area contributed by atoms with Crippen molar-refractivity contribution in [2.45, 2.75) is 307 Å². The van der Waals surface area contributed by atoms with Crippen LogP contribution in [-0.2, 0) is 23.8 Å². The molecule has 1 fully saturated rings. The molecule has 1 saturated heterocycles. The summed E-state index contributed by atoms with van der Waals surface area (Å²) in [5, 5.41) is 56.9. The lowest BCUT2D eigenvalue weighted by atomic mass is 9.99. The smallest absolute Gasteiger partial charge is 0.306 e. The van der Waals surface area contributed by atoms with Gasteiger partial charge in [0.15, 0.2) is 12.4 Å². The van der Waals surface area contributed by atoms with E-state index >= 15 is 0 Å². The van der Waals surface area contributed by atoms with Gasteiger partial charge in [-0.25, -0.2) is 0 Å². The molecule has 11 heteroatoms. The number of allylic oxidation sites excluding steroid dienone is 11. The normalized spacial score (nSPS) is 19.7. The Balaban J connectivity index is 2.71. The number of nitrogens with one attached hydrogen (secondary N) is 1. The average molecular weight is 1060 g/mol. The molecule has 8 atom stereocenters. The van der Waals surface area contributed by atoms with Crippen molar-refractivity contribution >= 4 is 11.9 Å². The van der Waals surface area contributed by atoms with E-state index < -0.39 is 67.4 Å². The molecule has 0 radical (unpaired) electrons. The monoisotopic (exact) mass is 1060 g/mol. The number of ether oxygens (including phenoxy) is 3. The fourth-order valence-corrected chi connectivity index (χ4v) is 9.17. The molecule has 1 aliphatic heterocycles. The summed E-state index contributed by atoms with van der Waals surface area (Å²) in [7, 11) is 0. The molecule has 11 nitrogen and oxygen atoms in total. The second-order valence-corrected chi connectivity index (χ2v) is 21.1. The van der Waals surface area contributed by atoms with E-state index in [4.69, 9.17) is 14.2 Å². The average Bonchev–Trinajstić information content (AvgIpc) is 3.41. The molecule has 1 amide bonds. The maximum Gasteiger partial charge on any atom is 0.306 e. The van der Waals surface area contributed by atoms with E-state index in [2.05, 4.69) is 80.8 Å². The number of amides is 1. The van der Waals surface area contributed by atoms with Crippen molar-refractivity contribution in [2.75, 3.05) is 13.2 Å². The highest BCUT2D eigenvalue weighted by Gasteiger charge is 2.47. The summed E-state index contributed by atoms with van der Waals surface area (Å²) >= 11 is 0. The molecule has 0 bridgehead atoms.